The van der Waals surface area contributed by atoms with E-state index in [0.29, 0.717) is 12.2 Å². The maximum absolute atomic E-state index is 11.6. The zero-order valence-corrected chi connectivity index (χ0v) is 9.55. The fourth-order valence-corrected chi connectivity index (χ4v) is 2.07. The van der Waals surface area contributed by atoms with Crippen LogP contribution >= 0.6 is 11.6 Å². The first-order valence-corrected chi connectivity index (χ1v) is 5.36. The largest absolute Gasteiger partial charge is 0.326 e. The molecule has 1 aromatic rings. The minimum absolute atomic E-state index is 0.102. The topological polar surface area (TPSA) is 89.5 Å². The molecule has 6 nitrogen and oxygen atoms in total. The number of non-ortho nitro benzene ring substituents is 1. The van der Waals surface area contributed by atoms with Crippen molar-refractivity contribution in [3.63, 3.8) is 0 Å². The summed E-state index contributed by atoms with van der Waals surface area (Å²) >= 11 is 5.93. The summed E-state index contributed by atoms with van der Waals surface area (Å²) in [6, 6.07) is 3.80. The Morgan fingerprint density at radius 1 is 1.53 bits per heavy atom. The number of anilines is 1. The molecule has 1 aliphatic heterocycles. The van der Waals surface area contributed by atoms with Crippen LogP contribution in [0.5, 0.6) is 0 Å². The fourth-order valence-electron chi connectivity index (χ4n) is 1.80. The highest BCUT2D eigenvalue weighted by Crippen LogP contribution is 2.32. The Bertz CT molecular complexity index is 492. The van der Waals surface area contributed by atoms with Gasteiger partial charge in [0.15, 0.2) is 0 Å². The first-order valence-electron chi connectivity index (χ1n) is 4.99. The SMILES string of the molecule is NC1CC(=O)N(c2ccc([N+](=O)[O-])cc2Cl)C1. The molecule has 1 aromatic carbocycles. The van der Waals surface area contributed by atoms with E-state index in [-0.39, 0.29) is 29.1 Å². The van der Waals surface area contributed by atoms with Gasteiger partial charge in [-0.05, 0) is 6.07 Å². The average Bonchev–Trinajstić information content (AvgIpc) is 2.57. The number of carbonyl (C=O) groups excluding carboxylic acids is 1. The van der Waals surface area contributed by atoms with Gasteiger partial charge >= 0.3 is 0 Å². The molecule has 0 aromatic heterocycles. The summed E-state index contributed by atoms with van der Waals surface area (Å²) in [5, 5.41) is 10.7. The summed E-state index contributed by atoms with van der Waals surface area (Å²) in [7, 11) is 0. The van der Waals surface area contributed by atoms with Crippen molar-refractivity contribution in [1.29, 1.82) is 0 Å². The highest BCUT2D eigenvalue weighted by atomic mass is 35.5. The molecule has 0 spiro atoms. The van der Waals surface area contributed by atoms with Crippen molar-refractivity contribution in [2.45, 2.75) is 12.5 Å². The number of hydrogen-bond acceptors (Lipinski definition) is 4. The number of amides is 1. The highest BCUT2D eigenvalue weighted by molar-refractivity contribution is 6.34. The molecule has 0 aliphatic carbocycles. The van der Waals surface area contributed by atoms with Gasteiger partial charge in [-0.2, -0.15) is 0 Å². The maximum Gasteiger partial charge on any atom is 0.271 e. The third kappa shape index (κ3) is 2.22. The lowest BCUT2D eigenvalue weighted by molar-refractivity contribution is -0.384. The molecular weight excluding hydrogens is 246 g/mol. The molecular formula is C10H10ClN3O3. The number of hydrogen-bond donors (Lipinski definition) is 1. The minimum Gasteiger partial charge on any atom is -0.326 e. The molecule has 1 unspecified atom stereocenters. The number of halogens is 1. The Morgan fingerprint density at radius 3 is 2.71 bits per heavy atom. The van der Waals surface area contributed by atoms with Gasteiger partial charge in [0.25, 0.3) is 5.69 Å². The summed E-state index contributed by atoms with van der Waals surface area (Å²) in [6.45, 7) is 0.385. The Labute approximate surface area is 102 Å². The van der Waals surface area contributed by atoms with Gasteiger partial charge in [0.1, 0.15) is 0 Å². The molecule has 0 saturated carbocycles. The second-order valence-corrected chi connectivity index (χ2v) is 4.27. The molecule has 7 heteroatoms. The lowest BCUT2D eigenvalue weighted by atomic mass is 10.2. The van der Waals surface area contributed by atoms with Crippen LogP contribution in [0.1, 0.15) is 6.42 Å². The van der Waals surface area contributed by atoms with Gasteiger partial charge in [-0.1, -0.05) is 11.6 Å². The van der Waals surface area contributed by atoms with E-state index < -0.39 is 4.92 Å². The predicted octanol–water partition coefficient (Wildman–Crippen LogP) is 1.31. The van der Waals surface area contributed by atoms with Crippen LogP contribution in [0.4, 0.5) is 11.4 Å². The van der Waals surface area contributed by atoms with Gasteiger partial charge in [-0.25, -0.2) is 0 Å². The van der Waals surface area contributed by atoms with Crippen LogP contribution in [0.25, 0.3) is 0 Å². The summed E-state index contributed by atoms with van der Waals surface area (Å²) in [5.74, 6) is -0.117. The van der Waals surface area contributed by atoms with E-state index in [4.69, 9.17) is 17.3 Å². The van der Waals surface area contributed by atoms with E-state index >= 15 is 0 Å². The van der Waals surface area contributed by atoms with Crippen LogP contribution in [0, 0.1) is 10.1 Å². The van der Waals surface area contributed by atoms with E-state index in [1.54, 1.807) is 0 Å². The summed E-state index contributed by atoms with van der Waals surface area (Å²) in [4.78, 5) is 23.1. The van der Waals surface area contributed by atoms with Crippen molar-refractivity contribution in [3.8, 4) is 0 Å². The molecule has 1 amide bonds. The monoisotopic (exact) mass is 255 g/mol. The minimum atomic E-state index is -0.535. The quantitative estimate of drug-likeness (QED) is 0.637. The zero-order valence-electron chi connectivity index (χ0n) is 8.80. The van der Waals surface area contributed by atoms with Crippen molar-refractivity contribution >= 4 is 28.9 Å². The van der Waals surface area contributed by atoms with Gasteiger partial charge in [0.2, 0.25) is 5.91 Å². The van der Waals surface area contributed by atoms with E-state index in [2.05, 4.69) is 0 Å². The van der Waals surface area contributed by atoms with Crippen molar-refractivity contribution in [2.75, 3.05) is 11.4 Å². The molecule has 0 bridgehead atoms. The van der Waals surface area contributed by atoms with E-state index in [1.807, 2.05) is 0 Å². The number of nitro benzene ring substituents is 1. The van der Waals surface area contributed by atoms with Crippen molar-refractivity contribution in [1.82, 2.24) is 0 Å². The summed E-state index contributed by atoms with van der Waals surface area (Å²) < 4.78 is 0. The van der Waals surface area contributed by atoms with Crippen molar-refractivity contribution < 1.29 is 9.72 Å². The summed E-state index contributed by atoms with van der Waals surface area (Å²) in [5.41, 5.74) is 6.03. The lowest BCUT2D eigenvalue weighted by Gasteiger charge is -2.17. The molecule has 1 heterocycles. The Morgan fingerprint density at radius 2 is 2.24 bits per heavy atom. The van der Waals surface area contributed by atoms with Crippen LogP contribution in [0.3, 0.4) is 0 Å². The van der Waals surface area contributed by atoms with Crippen molar-refractivity contribution in [2.24, 2.45) is 5.73 Å². The molecule has 1 atom stereocenters. The number of nitrogens with two attached hydrogens (primary N) is 1. The lowest BCUT2D eigenvalue weighted by Crippen LogP contribution is -2.28. The molecule has 2 rings (SSSR count). The van der Waals surface area contributed by atoms with Crippen LogP contribution < -0.4 is 10.6 Å². The van der Waals surface area contributed by atoms with Gasteiger partial charge < -0.3 is 10.6 Å². The standard InChI is InChI=1S/C10H10ClN3O3/c11-8-4-7(14(16)17)1-2-9(8)13-5-6(12)3-10(13)15/h1-2,4,6H,3,5,12H2. The number of carbonyl (C=O) groups is 1. The predicted molar refractivity (Wildman–Crippen MR) is 63.1 cm³/mol. The highest BCUT2D eigenvalue weighted by Gasteiger charge is 2.29. The fraction of sp³-hybridized carbons (Fsp3) is 0.300. The maximum atomic E-state index is 11.6. The van der Waals surface area contributed by atoms with Gasteiger partial charge in [0.05, 0.1) is 15.6 Å². The summed E-state index contributed by atoms with van der Waals surface area (Å²) in [6.07, 6.45) is 0.271. The average molecular weight is 256 g/mol. The third-order valence-corrected chi connectivity index (χ3v) is 2.89. The second kappa shape index (κ2) is 4.31. The molecule has 17 heavy (non-hydrogen) atoms. The van der Waals surface area contributed by atoms with Gasteiger partial charge in [-0.3, -0.25) is 14.9 Å². The Balaban J connectivity index is 2.34. The van der Waals surface area contributed by atoms with Crippen molar-refractivity contribution in [3.05, 3.63) is 33.3 Å². The first kappa shape index (κ1) is 11.8. The second-order valence-electron chi connectivity index (χ2n) is 3.86. The Kier molecular flexibility index (Phi) is 2.99. The van der Waals surface area contributed by atoms with E-state index in [9.17, 15) is 14.9 Å². The Hall–Kier alpha value is -1.66. The van der Waals surface area contributed by atoms with E-state index in [0.717, 1.165) is 0 Å². The molecule has 90 valence electrons. The first-order chi connectivity index (χ1) is 7.99. The third-order valence-electron chi connectivity index (χ3n) is 2.59. The molecule has 2 N–H and O–H groups in total. The molecule has 1 fully saturated rings. The number of rotatable bonds is 2. The van der Waals surface area contributed by atoms with Gasteiger partial charge in [-0.15, -0.1) is 0 Å². The van der Waals surface area contributed by atoms with Crippen LogP contribution in [0.2, 0.25) is 5.02 Å². The molecule has 1 saturated heterocycles. The number of nitrogens with zero attached hydrogens (tertiary/aromatic N) is 2. The number of nitro groups is 1. The number of benzene rings is 1. The van der Waals surface area contributed by atoms with Crippen LogP contribution in [-0.2, 0) is 4.79 Å². The van der Waals surface area contributed by atoms with E-state index in [1.165, 1.54) is 23.1 Å². The van der Waals surface area contributed by atoms with Crippen LogP contribution in [-0.4, -0.2) is 23.4 Å². The normalized spacial score (nSPS) is 19.8. The molecule has 1 aliphatic rings. The van der Waals surface area contributed by atoms with Crippen LogP contribution in [0.15, 0.2) is 18.2 Å². The molecule has 0 radical (unpaired) electrons. The van der Waals surface area contributed by atoms with Gasteiger partial charge in [0, 0.05) is 31.1 Å². The smallest absolute Gasteiger partial charge is 0.271 e. The zero-order chi connectivity index (χ0) is 12.6.